The average Bonchev–Trinajstić information content (AvgIpc) is 2.75. The van der Waals surface area contributed by atoms with Crippen LogP contribution in [0.15, 0.2) is 0 Å². The van der Waals surface area contributed by atoms with Crippen LogP contribution in [0.4, 0.5) is 0 Å². The zero-order chi connectivity index (χ0) is 13.2. The van der Waals surface area contributed by atoms with E-state index in [0.29, 0.717) is 11.8 Å². The van der Waals surface area contributed by atoms with Crippen molar-refractivity contribution in [2.45, 2.75) is 64.3 Å². The Morgan fingerprint density at radius 1 is 1.28 bits per heavy atom. The normalized spacial score (nSPS) is 40.7. The molecule has 4 unspecified atom stereocenters. The van der Waals surface area contributed by atoms with E-state index in [1.54, 1.807) is 0 Å². The van der Waals surface area contributed by atoms with E-state index in [-0.39, 0.29) is 11.5 Å². The van der Waals surface area contributed by atoms with Crippen molar-refractivity contribution in [2.24, 2.45) is 17.8 Å². The van der Waals surface area contributed by atoms with Crippen molar-refractivity contribution in [1.29, 1.82) is 0 Å². The molecule has 4 atom stereocenters. The maximum absolute atomic E-state index is 12.5. The lowest BCUT2D eigenvalue weighted by Crippen LogP contribution is -2.54. The zero-order valence-corrected chi connectivity index (χ0v) is 13.3. The molecule has 0 spiro atoms. The summed E-state index contributed by atoms with van der Waals surface area (Å²) >= 11 is 3.63. The maximum atomic E-state index is 12.5. The van der Waals surface area contributed by atoms with Crippen LogP contribution in [0.25, 0.3) is 0 Å². The first-order valence-corrected chi connectivity index (χ1v) is 8.56. The van der Waals surface area contributed by atoms with Crippen molar-refractivity contribution in [3.8, 4) is 0 Å². The van der Waals surface area contributed by atoms with E-state index in [1.165, 1.54) is 25.7 Å². The summed E-state index contributed by atoms with van der Waals surface area (Å²) in [6, 6.07) is 0. The summed E-state index contributed by atoms with van der Waals surface area (Å²) in [5, 5.41) is 4.30. The van der Waals surface area contributed by atoms with Crippen LogP contribution in [0.3, 0.4) is 0 Å². The lowest BCUT2D eigenvalue weighted by atomic mass is 9.77. The summed E-state index contributed by atoms with van der Waals surface area (Å²) in [7, 11) is 0. The molecule has 104 valence electrons. The first-order valence-electron chi connectivity index (χ1n) is 7.44. The second-order valence-corrected chi connectivity index (χ2v) is 7.18. The van der Waals surface area contributed by atoms with Gasteiger partial charge in [0.2, 0.25) is 5.91 Å². The van der Waals surface area contributed by atoms with Crippen LogP contribution >= 0.6 is 15.9 Å². The standard InChI is InChI=1S/C15H26BrNO/c1-11-5-4-8-15(9-11,10-16)17-14(18)13-7-3-6-12(13)2/h11-13H,3-10H2,1-2H3,(H,17,18). The van der Waals surface area contributed by atoms with Gasteiger partial charge in [-0.1, -0.05) is 49.0 Å². The van der Waals surface area contributed by atoms with Gasteiger partial charge in [0.1, 0.15) is 0 Å². The van der Waals surface area contributed by atoms with E-state index in [1.807, 2.05) is 0 Å². The highest BCUT2D eigenvalue weighted by Crippen LogP contribution is 2.36. The largest absolute Gasteiger partial charge is 0.350 e. The molecule has 0 aromatic carbocycles. The molecule has 2 rings (SSSR count). The number of carbonyl (C=O) groups is 1. The Morgan fingerprint density at radius 2 is 2.06 bits per heavy atom. The number of halogens is 1. The number of hydrogen-bond acceptors (Lipinski definition) is 1. The summed E-state index contributed by atoms with van der Waals surface area (Å²) in [4.78, 5) is 12.5. The molecular weight excluding hydrogens is 290 g/mol. The highest BCUT2D eigenvalue weighted by Gasteiger charge is 2.38. The van der Waals surface area contributed by atoms with Gasteiger partial charge >= 0.3 is 0 Å². The first kappa shape index (κ1) is 14.4. The number of nitrogens with one attached hydrogen (secondary N) is 1. The van der Waals surface area contributed by atoms with Gasteiger partial charge in [0.05, 0.1) is 0 Å². The molecule has 0 aliphatic heterocycles. The average molecular weight is 316 g/mol. The molecule has 18 heavy (non-hydrogen) atoms. The van der Waals surface area contributed by atoms with E-state index in [0.717, 1.165) is 30.5 Å². The number of alkyl halides is 1. The lowest BCUT2D eigenvalue weighted by Gasteiger charge is -2.40. The van der Waals surface area contributed by atoms with Gasteiger partial charge in [0.25, 0.3) is 0 Å². The van der Waals surface area contributed by atoms with E-state index >= 15 is 0 Å². The molecule has 0 aromatic heterocycles. The van der Waals surface area contributed by atoms with Crippen LogP contribution in [-0.2, 0) is 4.79 Å². The Hall–Kier alpha value is -0.0500. The summed E-state index contributed by atoms with van der Waals surface area (Å²) < 4.78 is 0. The minimum Gasteiger partial charge on any atom is -0.350 e. The Labute approximate surface area is 119 Å². The summed E-state index contributed by atoms with van der Waals surface area (Å²) in [6.45, 7) is 4.53. The summed E-state index contributed by atoms with van der Waals surface area (Å²) in [5.74, 6) is 1.88. The van der Waals surface area contributed by atoms with Crippen molar-refractivity contribution < 1.29 is 4.79 Å². The van der Waals surface area contributed by atoms with Crippen molar-refractivity contribution >= 4 is 21.8 Å². The molecule has 0 bridgehead atoms. The molecule has 0 saturated heterocycles. The fourth-order valence-corrected chi connectivity index (χ4v) is 4.47. The number of amides is 1. The molecule has 2 fully saturated rings. The molecule has 2 aliphatic carbocycles. The fourth-order valence-electron chi connectivity index (χ4n) is 3.82. The van der Waals surface area contributed by atoms with Crippen LogP contribution < -0.4 is 5.32 Å². The van der Waals surface area contributed by atoms with Gasteiger partial charge in [-0.2, -0.15) is 0 Å². The van der Waals surface area contributed by atoms with Crippen LogP contribution in [0, 0.1) is 17.8 Å². The van der Waals surface area contributed by atoms with Gasteiger partial charge in [0, 0.05) is 16.8 Å². The van der Waals surface area contributed by atoms with Crippen molar-refractivity contribution in [2.75, 3.05) is 5.33 Å². The monoisotopic (exact) mass is 315 g/mol. The SMILES string of the molecule is CC1CCCC(CBr)(NC(=O)C2CCCC2C)C1. The van der Waals surface area contributed by atoms with Crippen molar-refractivity contribution in [1.82, 2.24) is 5.32 Å². The summed E-state index contributed by atoms with van der Waals surface area (Å²) in [6.07, 6.45) is 8.34. The highest BCUT2D eigenvalue weighted by molar-refractivity contribution is 9.09. The molecule has 2 aliphatic rings. The lowest BCUT2D eigenvalue weighted by molar-refractivity contribution is -0.128. The third-order valence-electron chi connectivity index (χ3n) is 4.93. The molecule has 2 nitrogen and oxygen atoms in total. The Balaban J connectivity index is 1.99. The van der Waals surface area contributed by atoms with Crippen LogP contribution in [0.1, 0.15) is 58.8 Å². The third kappa shape index (κ3) is 3.09. The van der Waals surface area contributed by atoms with Gasteiger partial charge < -0.3 is 5.32 Å². The predicted octanol–water partition coefficient (Wildman–Crippen LogP) is 3.88. The van der Waals surface area contributed by atoms with Gasteiger partial charge in [-0.15, -0.1) is 0 Å². The van der Waals surface area contributed by atoms with Gasteiger partial charge in [-0.05, 0) is 37.5 Å². The van der Waals surface area contributed by atoms with E-state index in [9.17, 15) is 4.79 Å². The van der Waals surface area contributed by atoms with Crippen molar-refractivity contribution in [3.63, 3.8) is 0 Å². The molecule has 1 N–H and O–H groups in total. The minimum absolute atomic E-state index is 0.0249. The maximum Gasteiger partial charge on any atom is 0.223 e. The van der Waals surface area contributed by atoms with Crippen LogP contribution in [-0.4, -0.2) is 16.8 Å². The fraction of sp³-hybridized carbons (Fsp3) is 0.933. The second-order valence-electron chi connectivity index (χ2n) is 6.62. The van der Waals surface area contributed by atoms with Crippen LogP contribution in [0.5, 0.6) is 0 Å². The van der Waals surface area contributed by atoms with E-state index in [2.05, 4.69) is 35.1 Å². The van der Waals surface area contributed by atoms with Gasteiger partial charge in [-0.3, -0.25) is 4.79 Å². The van der Waals surface area contributed by atoms with E-state index < -0.39 is 0 Å². The molecule has 0 heterocycles. The molecule has 1 amide bonds. The Morgan fingerprint density at radius 3 is 2.61 bits per heavy atom. The predicted molar refractivity (Wildman–Crippen MR) is 78.8 cm³/mol. The topological polar surface area (TPSA) is 29.1 Å². The third-order valence-corrected chi connectivity index (χ3v) is 6.01. The number of hydrogen-bond donors (Lipinski definition) is 1. The van der Waals surface area contributed by atoms with Gasteiger partial charge in [0.15, 0.2) is 0 Å². The first-order chi connectivity index (χ1) is 8.56. The molecule has 2 saturated carbocycles. The van der Waals surface area contributed by atoms with E-state index in [4.69, 9.17) is 0 Å². The molecule has 0 aromatic rings. The zero-order valence-electron chi connectivity index (χ0n) is 11.7. The number of carbonyl (C=O) groups excluding carboxylic acids is 1. The molecule has 3 heteroatoms. The van der Waals surface area contributed by atoms with Crippen LogP contribution in [0.2, 0.25) is 0 Å². The molecular formula is C15H26BrNO. The quantitative estimate of drug-likeness (QED) is 0.787. The molecule has 0 radical (unpaired) electrons. The Bertz CT molecular complexity index is 307. The Kier molecular flexibility index (Phi) is 4.74. The smallest absolute Gasteiger partial charge is 0.223 e. The van der Waals surface area contributed by atoms with Crippen molar-refractivity contribution in [3.05, 3.63) is 0 Å². The highest BCUT2D eigenvalue weighted by atomic mass is 79.9. The van der Waals surface area contributed by atoms with Gasteiger partial charge in [-0.25, -0.2) is 0 Å². The number of rotatable bonds is 3. The summed E-state index contributed by atoms with van der Waals surface area (Å²) in [5.41, 5.74) is 0.0249. The minimum atomic E-state index is 0.0249. The second kappa shape index (κ2) is 5.94.